The molecule has 1 aliphatic heterocycles. The van der Waals surface area contributed by atoms with Crippen molar-refractivity contribution in [2.75, 3.05) is 17.9 Å². The molecule has 3 aromatic rings. The van der Waals surface area contributed by atoms with Gasteiger partial charge in [-0.05, 0) is 36.4 Å². The first kappa shape index (κ1) is 17.8. The Balaban J connectivity index is 1.45. The Hall–Kier alpha value is -3.57. The van der Waals surface area contributed by atoms with Gasteiger partial charge in [-0.1, -0.05) is 11.8 Å². The second-order valence-corrected chi connectivity index (χ2v) is 6.77. The second-order valence-electron chi connectivity index (χ2n) is 5.80. The van der Waals surface area contributed by atoms with E-state index in [-0.39, 0.29) is 18.5 Å². The topological polar surface area (TPSA) is 97.1 Å². The molecule has 0 saturated heterocycles. The Morgan fingerprint density at radius 3 is 2.79 bits per heavy atom. The first-order valence-corrected chi connectivity index (χ1v) is 9.35. The number of anilines is 1. The molecule has 0 radical (unpaired) electrons. The molecule has 28 heavy (non-hydrogen) atoms. The average molecular weight is 390 g/mol. The van der Waals surface area contributed by atoms with Crippen molar-refractivity contribution in [2.24, 2.45) is 0 Å². The van der Waals surface area contributed by atoms with Crippen molar-refractivity contribution >= 4 is 23.4 Å². The molecule has 3 heterocycles. The van der Waals surface area contributed by atoms with Gasteiger partial charge in [-0.15, -0.1) is 0 Å². The van der Waals surface area contributed by atoms with E-state index in [1.807, 2.05) is 12.1 Å². The number of hydrogen-bond donors (Lipinski definition) is 1. The second kappa shape index (κ2) is 7.98. The summed E-state index contributed by atoms with van der Waals surface area (Å²) in [6.45, 7) is 0.180. The molecule has 1 aliphatic rings. The molecule has 1 amide bonds. The molecular weight excluding hydrogens is 376 g/mol. The van der Waals surface area contributed by atoms with Crippen LogP contribution in [-0.2, 0) is 4.79 Å². The molecule has 1 aromatic carbocycles. The first-order valence-electron chi connectivity index (χ1n) is 8.37. The van der Waals surface area contributed by atoms with Gasteiger partial charge in [0.2, 0.25) is 12.7 Å². The van der Waals surface area contributed by atoms with Gasteiger partial charge in [-0.3, -0.25) is 9.78 Å². The van der Waals surface area contributed by atoms with Gasteiger partial charge < -0.3 is 14.8 Å². The predicted octanol–water partition coefficient (Wildman–Crippen LogP) is 3.47. The van der Waals surface area contributed by atoms with Crippen molar-refractivity contribution < 1.29 is 14.3 Å². The summed E-state index contributed by atoms with van der Waals surface area (Å²) >= 11 is 1.22. The third kappa shape index (κ3) is 3.89. The lowest BCUT2D eigenvalue weighted by molar-refractivity contribution is -0.113. The van der Waals surface area contributed by atoms with Crippen LogP contribution in [0.15, 0.2) is 59.9 Å². The number of ether oxygens (including phenoxy) is 2. The highest BCUT2D eigenvalue weighted by Gasteiger charge is 2.15. The number of benzene rings is 1. The van der Waals surface area contributed by atoms with Crippen LogP contribution in [0.5, 0.6) is 11.5 Å². The van der Waals surface area contributed by atoms with Gasteiger partial charge in [0.05, 0.1) is 17.0 Å². The smallest absolute Gasteiger partial charge is 0.234 e. The van der Waals surface area contributed by atoms with E-state index >= 15 is 0 Å². The van der Waals surface area contributed by atoms with Crippen molar-refractivity contribution in [3.8, 4) is 28.8 Å². The van der Waals surface area contributed by atoms with E-state index in [0.717, 1.165) is 11.3 Å². The minimum atomic E-state index is -0.205. The lowest BCUT2D eigenvalue weighted by Crippen LogP contribution is -2.14. The van der Waals surface area contributed by atoms with Gasteiger partial charge in [-0.2, -0.15) is 5.26 Å². The lowest BCUT2D eigenvalue weighted by Gasteiger charge is -2.08. The summed E-state index contributed by atoms with van der Waals surface area (Å²) in [4.78, 5) is 20.8. The van der Waals surface area contributed by atoms with Crippen LogP contribution in [0.25, 0.3) is 11.3 Å². The SMILES string of the molecule is N#Cc1ccc(-c2ccncc2)nc1SCC(=O)Nc1ccc2c(c1)OCO2. The van der Waals surface area contributed by atoms with Gasteiger partial charge in [0.1, 0.15) is 11.1 Å². The third-order valence-electron chi connectivity index (χ3n) is 3.95. The van der Waals surface area contributed by atoms with Crippen LogP contribution in [0.2, 0.25) is 0 Å². The van der Waals surface area contributed by atoms with Crippen LogP contribution in [0.1, 0.15) is 5.56 Å². The Bertz CT molecular complexity index is 1070. The van der Waals surface area contributed by atoms with Gasteiger partial charge in [-0.25, -0.2) is 4.98 Å². The number of thioether (sulfide) groups is 1. The zero-order valence-electron chi connectivity index (χ0n) is 14.6. The van der Waals surface area contributed by atoms with Gasteiger partial charge >= 0.3 is 0 Å². The number of nitrogens with zero attached hydrogens (tertiary/aromatic N) is 3. The standard InChI is InChI=1S/C20H14N4O3S/c21-10-14-1-3-16(13-5-7-22-8-6-13)24-20(14)28-11-19(25)23-15-2-4-17-18(9-15)27-12-26-17/h1-9H,11-12H2,(H,23,25). The Morgan fingerprint density at radius 1 is 1.14 bits per heavy atom. The molecule has 0 unspecified atom stereocenters. The average Bonchev–Trinajstić information content (AvgIpc) is 3.20. The number of hydrogen-bond acceptors (Lipinski definition) is 7. The third-order valence-corrected chi connectivity index (χ3v) is 4.94. The van der Waals surface area contributed by atoms with Gasteiger partial charge in [0.25, 0.3) is 0 Å². The number of aromatic nitrogens is 2. The normalized spacial score (nSPS) is 11.7. The Kier molecular flexibility index (Phi) is 5.08. The number of rotatable bonds is 5. The zero-order valence-corrected chi connectivity index (χ0v) is 15.4. The van der Waals surface area contributed by atoms with E-state index < -0.39 is 0 Å². The quantitative estimate of drug-likeness (QED) is 0.666. The van der Waals surface area contributed by atoms with Crippen molar-refractivity contribution in [1.82, 2.24) is 9.97 Å². The molecule has 2 aromatic heterocycles. The van der Waals surface area contributed by atoms with Crippen LogP contribution in [-0.4, -0.2) is 28.4 Å². The van der Waals surface area contributed by atoms with E-state index in [1.54, 1.807) is 42.7 Å². The van der Waals surface area contributed by atoms with Gasteiger partial charge in [0, 0.05) is 29.7 Å². The highest BCUT2D eigenvalue weighted by molar-refractivity contribution is 8.00. The fourth-order valence-electron chi connectivity index (χ4n) is 2.62. The van der Waals surface area contributed by atoms with E-state index in [2.05, 4.69) is 21.4 Å². The van der Waals surface area contributed by atoms with Crippen molar-refractivity contribution in [3.05, 3.63) is 60.4 Å². The number of carbonyl (C=O) groups is 1. The van der Waals surface area contributed by atoms with Gasteiger partial charge in [0.15, 0.2) is 11.5 Å². The number of nitrogens with one attached hydrogen (secondary N) is 1. The minimum Gasteiger partial charge on any atom is -0.454 e. The Labute approximate surface area is 165 Å². The summed E-state index contributed by atoms with van der Waals surface area (Å²) in [7, 11) is 0. The number of nitriles is 1. The highest BCUT2D eigenvalue weighted by atomic mass is 32.2. The van der Waals surface area contributed by atoms with Crippen molar-refractivity contribution in [3.63, 3.8) is 0 Å². The number of pyridine rings is 2. The summed E-state index contributed by atoms with van der Waals surface area (Å²) in [6.07, 6.45) is 3.36. The molecule has 0 bridgehead atoms. The largest absolute Gasteiger partial charge is 0.454 e. The molecule has 0 atom stereocenters. The molecule has 0 aliphatic carbocycles. The van der Waals surface area contributed by atoms with E-state index in [0.29, 0.717) is 27.8 Å². The molecule has 0 saturated carbocycles. The van der Waals surface area contributed by atoms with E-state index in [1.165, 1.54) is 11.8 Å². The summed E-state index contributed by atoms with van der Waals surface area (Å²) in [5.74, 6) is 1.17. The number of amides is 1. The monoisotopic (exact) mass is 390 g/mol. The van der Waals surface area contributed by atoms with Crippen LogP contribution in [0, 0.1) is 11.3 Å². The minimum absolute atomic E-state index is 0.121. The number of fused-ring (bicyclic) bond motifs is 1. The predicted molar refractivity (Wildman–Crippen MR) is 104 cm³/mol. The van der Waals surface area contributed by atoms with Crippen LogP contribution in [0.3, 0.4) is 0 Å². The molecule has 0 spiro atoms. The molecule has 8 heteroatoms. The molecule has 138 valence electrons. The van der Waals surface area contributed by atoms with Crippen molar-refractivity contribution in [1.29, 1.82) is 5.26 Å². The maximum Gasteiger partial charge on any atom is 0.234 e. The van der Waals surface area contributed by atoms with E-state index in [4.69, 9.17) is 9.47 Å². The Morgan fingerprint density at radius 2 is 1.96 bits per heavy atom. The molecule has 1 N–H and O–H groups in total. The van der Waals surface area contributed by atoms with Crippen molar-refractivity contribution in [2.45, 2.75) is 5.03 Å². The van der Waals surface area contributed by atoms with E-state index in [9.17, 15) is 10.1 Å². The summed E-state index contributed by atoms with van der Waals surface area (Å²) in [5, 5.41) is 12.7. The summed E-state index contributed by atoms with van der Waals surface area (Å²) < 4.78 is 10.6. The molecular formula is C20H14N4O3S. The molecule has 0 fully saturated rings. The number of carbonyl (C=O) groups excluding carboxylic acids is 1. The maximum atomic E-state index is 12.3. The zero-order chi connectivity index (χ0) is 19.3. The lowest BCUT2D eigenvalue weighted by atomic mass is 10.1. The first-order chi connectivity index (χ1) is 13.7. The fourth-order valence-corrected chi connectivity index (χ4v) is 3.40. The van der Waals surface area contributed by atoms with Crippen LogP contribution in [0.4, 0.5) is 5.69 Å². The fraction of sp³-hybridized carbons (Fsp3) is 0.100. The highest BCUT2D eigenvalue weighted by Crippen LogP contribution is 2.34. The maximum absolute atomic E-state index is 12.3. The summed E-state index contributed by atoms with van der Waals surface area (Å²) in [5.41, 5.74) is 2.67. The van der Waals surface area contributed by atoms with Crippen LogP contribution >= 0.6 is 11.8 Å². The molecule has 4 rings (SSSR count). The molecule has 7 nitrogen and oxygen atoms in total. The summed E-state index contributed by atoms with van der Waals surface area (Å²) in [6, 6.07) is 14.5. The van der Waals surface area contributed by atoms with Crippen LogP contribution < -0.4 is 14.8 Å².